The molecule has 0 aliphatic rings. The molecule has 3 heteroatoms. The smallest absolute Gasteiger partial charge is 0.146 e. The molecule has 0 aromatic heterocycles. The molecule has 0 amide bonds. The maximum Gasteiger partial charge on any atom is 0.146 e. The molecule has 0 fully saturated rings. The molecule has 1 nitrogen and oxygen atoms in total. The summed E-state index contributed by atoms with van der Waals surface area (Å²) in [5.74, 6) is -0.242. The molecule has 20 heavy (non-hydrogen) atoms. The average Bonchev–Trinajstić information content (AvgIpc) is 2.48. The van der Waals surface area contributed by atoms with Crippen LogP contribution >= 0.6 is 15.9 Å². The zero-order valence-corrected chi connectivity index (χ0v) is 12.3. The second-order valence-corrected chi connectivity index (χ2v) is 5.53. The quantitative estimate of drug-likeness (QED) is 0.682. The normalized spacial score (nSPS) is 10.7. The van der Waals surface area contributed by atoms with E-state index in [2.05, 4.69) is 45.5 Å². The van der Waals surface area contributed by atoms with Crippen LogP contribution in [0.5, 0.6) is 0 Å². The van der Waals surface area contributed by atoms with Crippen molar-refractivity contribution >= 4 is 32.4 Å². The second-order valence-electron chi connectivity index (χ2n) is 4.62. The van der Waals surface area contributed by atoms with Crippen molar-refractivity contribution in [3.8, 4) is 0 Å². The van der Waals surface area contributed by atoms with E-state index in [0.717, 1.165) is 10.0 Å². The number of hydrogen-bond acceptors (Lipinski definition) is 1. The van der Waals surface area contributed by atoms with Crippen molar-refractivity contribution in [3.63, 3.8) is 0 Å². The van der Waals surface area contributed by atoms with Crippen LogP contribution in [-0.4, -0.2) is 0 Å². The Labute approximate surface area is 125 Å². The Bertz CT molecular complexity index is 750. The van der Waals surface area contributed by atoms with Crippen LogP contribution in [0.25, 0.3) is 10.8 Å². The first kappa shape index (κ1) is 13.1. The van der Waals surface area contributed by atoms with Gasteiger partial charge in [0.25, 0.3) is 0 Å². The molecule has 0 saturated heterocycles. The topological polar surface area (TPSA) is 12.0 Å². The third-order valence-electron chi connectivity index (χ3n) is 3.28. The van der Waals surface area contributed by atoms with E-state index in [4.69, 9.17) is 0 Å². The summed E-state index contributed by atoms with van der Waals surface area (Å²) in [6.07, 6.45) is 0. The largest absolute Gasteiger partial charge is 0.379 e. The highest BCUT2D eigenvalue weighted by atomic mass is 79.9. The van der Waals surface area contributed by atoms with Gasteiger partial charge in [0.1, 0.15) is 5.82 Å². The molecule has 0 heterocycles. The van der Waals surface area contributed by atoms with Crippen molar-refractivity contribution in [2.45, 2.75) is 6.54 Å². The molecule has 0 saturated carbocycles. The van der Waals surface area contributed by atoms with Gasteiger partial charge in [0.2, 0.25) is 0 Å². The van der Waals surface area contributed by atoms with E-state index in [0.29, 0.717) is 12.2 Å². The molecule has 1 N–H and O–H groups in total. The van der Waals surface area contributed by atoms with E-state index in [1.54, 1.807) is 12.1 Å². The molecule has 3 aromatic rings. The van der Waals surface area contributed by atoms with Gasteiger partial charge in [-0.15, -0.1) is 0 Å². The minimum Gasteiger partial charge on any atom is -0.379 e. The predicted octanol–water partition coefficient (Wildman–Crippen LogP) is 5.35. The molecule has 0 atom stereocenters. The fraction of sp³-hybridized carbons (Fsp3) is 0.0588. The number of hydrogen-bond donors (Lipinski definition) is 1. The van der Waals surface area contributed by atoms with Crippen LogP contribution in [-0.2, 0) is 6.54 Å². The predicted molar refractivity (Wildman–Crippen MR) is 85.4 cm³/mol. The van der Waals surface area contributed by atoms with Crippen LogP contribution < -0.4 is 5.32 Å². The van der Waals surface area contributed by atoms with Crippen LogP contribution in [0, 0.1) is 5.82 Å². The zero-order valence-electron chi connectivity index (χ0n) is 10.7. The van der Waals surface area contributed by atoms with Gasteiger partial charge in [0.15, 0.2) is 0 Å². The summed E-state index contributed by atoms with van der Waals surface area (Å²) in [4.78, 5) is 0. The number of nitrogens with one attached hydrogen (secondary N) is 1. The molecule has 0 aliphatic heterocycles. The first-order valence-corrected chi connectivity index (χ1v) is 7.19. The number of benzene rings is 3. The summed E-state index contributed by atoms with van der Waals surface area (Å²) in [5.41, 5.74) is 1.66. The van der Waals surface area contributed by atoms with Gasteiger partial charge in [0.05, 0.1) is 5.69 Å². The van der Waals surface area contributed by atoms with E-state index in [-0.39, 0.29) is 5.82 Å². The second kappa shape index (κ2) is 5.63. The van der Waals surface area contributed by atoms with E-state index in [1.807, 2.05) is 18.2 Å². The van der Waals surface area contributed by atoms with E-state index >= 15 is 0 Å². The monoisotopic (exact) mass is 329 g/mol. The third-order valence-corrected chi connectivity index (χ3v) is 3.77. The molecule has 3 rings (SSSR count). The summed E-state index contributed by atoms with van der Waals surface area (Å²) in [6, 6.07) is 19.3. The maximum atomic E-state index is 13.7. The van der Waals surface area contributed by atoms with Gasteiger partial charge in [-0.25, -0.2) is 4.39 Å². The maximum absolute atomic E-state index is 13.7. The van der Waals surface area contributed by atoms with E-state index in [1.165, 1.54) is 16.8 Å². The van der Waals surface area contributed by atoms with Gasteiger partial charge in [-0.05, 0) is 34.5 Å². The van der Waals surface area contributed by atoms with Crippen molar-refractivity contribution in [2.75, 3.05) is 5.32 Å². The molecule has 0 aliphatic carbocycles. The zero-order chi connectivity index (χ0) is 13.9. The SMILES string of the molecule is Fc1ccc(Br)cc1NCc1cccc2ccccc12. The average molecular weight is 330 g/mol. The Balaban J connectivity index is 1.89. The molecule has 0 spiro atoms. The Hall–Kier alpha value is -1.87. The molecule has 0 radical (unpaired) electrons. The van der Waals surface area contributed by atoms with Crippen LogP contribution in [0.1, 0.15) is 5.56 Å². The summed E-state index contributed by atoms with van der Waals surface area (Å²) in [5, 5.41) is 5.55. The van der Waals surface area contributed by atoms with Crippen molar-refractivity contribution in [1.29, 1.82) is 0 Å². The summed E-state index contributed by atoms with van der Waals surface area (Å²) in [6.45, 7) is 0.592. The van der Waals surface area contributed by atoms with Gasteiger partial charge in [-0.2, -0.15) is 0 Å². The van der Waals surface area contributed by atoms with Crippen molar-refractivity contribution in [1.82, 2.24) is 0 Å². The van der Waals surface area contributed by atoms with Gasteiger partial charge in [-0.1, -0.05) is 58.4 Å². The number of fused-ring (bicyclic) bond motifs is 1. The Morgan fingerprint density at radius 2 is 1.75 bits per heavy atom. The lowest BCUT2D eigenvalue weighted by atomic mass is 10.0. The van der Waals surface area contributed by atoms with Gasteiger partial charge in [0, 0.05) is 11.0 Å². The van der Waals surface area contributed by atoms with Crippen molar-refractivity contribution in [2.24, 2.45) is 0 Å². The van der Waals surface area contributed by atoms with Crippen LogP contribution in [0.2, 0.25) is 0 Å². The fourth-order valence-electron chi connectivity index (χ4n) is 2.27. The minimum absolute atomic E-state index is 0.242. The molecule has 3 aromatic carbocycles. The Morgan fingerprint density at radius 1 is 0.950 bits per heavy atom. The summed E-state index contributed by atoms with van der Waals surface area (Å²) in [7, 11) is 0. The minimum atomic E-state index is -0.242. The molecule has 0 unspecified atom stereocenters. The Kier molecular flexibility index (Phi) is 3.70. The van der Waals surface area contributed by atoms with E-state index in [9.17, 15) is 4.39 Å². The van der Waals surface area contributed by atoms with Crippen LogP contribution in [0.3, 0.4) is 0 Å². The van der Waals surface area contributed by atoms with Gasteiger partial charge < -0.3 is 5.32 Å². The highest BCUT2D eigenvalue weighted by Crippen LogP contribution is 2.23. The number of rotatable bonds is 3. The van der Waals surface area contributed by atoms with Crippen LogP contribution in [0.15, 0.2) is 65.1 Å². The summed E-state index contributed by atoms with van der Waals surface area (Å²) >= 11 is 3.36. The van der Waals surface area contributed by atoms with E-state index < -0.39 is 0 Å². The molecular weight excluding hydrogens is 317 g/mol. The number of anilines is 1. The lowest BCUT2D eigenvalue weighted by molar-refractivity contribution is 0.630. The standard InChI is InChI=1S/C17H13BrFN/c18-14-8-9-16(19)17(10-14)20-11-13-6-3-5-12-4-1-2-7-15(12)13/h1-10,20H,11H2. The van der Waals surface area contributed by atoms with Gasteiger partial charge >= 0.3 is 0 Å². The van der Waals surface area contributed by atoms with Crippen LogP contribution in [0.4, 0.5) is 10.1 Å². The van der Waals surface area contributed by atoms with Crippen molar-refractivity contribution in [3.05, 3.63) is 76.5 Å². The number of halogens is 2. The lowest BCUT2D eigenvalue weighted by Crippen LogP contribution is -2.02. The molecular formula is C17H13BrFN. The van der Waals surface area contributed by atoms with Gasteiger partial charge in [-0.3, -0.25) is 0 Å². The third kappa shape index (κ3) is 2.68. The molecule has 100 valence electrons. The first-order chi connectivity index (χ1) is 9.74. The highest BCUT2D eigenvalue weighted by Gasteiger charge is 2.04. The molecule has 0 bridgehead atoms. The fourth-order valence-corrected chi connectivity index (χ4v) is 2.63. The first-order valence-electron chi connectivity index (χ1n) is 6.39. The lowest BCUT2D eigenvalue weighted by Gasteiger charge is -2.10. The van der Waals surface area contributed by atoms with Crippen molar-refractivity contribution < 1.29 is 4.39 Å². The Morgan fingerprint density at radius 3 is 2.65 bits per heavy atom. The summed E-state index contributed by atoms with van der Waals surface area (Å²) < 4.78 is 14.6. The highest BCUT2D eigenvalue weighted by molar-refractivity contribution is 9.10.